The molecule has 0 spiro atoms. The van der Waals surface area contributed by atoms with Crippen LogP contribution in [-0.2, 0) is 6.54 Å². The second-order valence-corrected chi connectivity index (χ2v) is 3.22. The van der Waals surface area contributed by atoms with Crippen LogP contribution in [0.3, 0.4) is 0 Å². The molecule has 15 heavy (non-hydrogen) atoms. The Balaban J connectivity index is 3.58. The van der Waals surface area contributed by atoms with Gasteiger partial charge in [0, 0.05) is 11.8 Å². The van der Waals surface area contributed by atoms with E-state index in [1.165, 1.54) is 10.6 Å². The summed E-state index contributed by atoms with van der Waals surface area (Å²) >= 11 is 0. The van der Waals surface area contributed by atoms with Gasteiger partial charge in [0.2, 0.25) is 0 Å². The van der Waals surface area contributed by atoms with E-state index in [0.717, 1.165) is 0 Å². The molecule has 0 amide bonds. The van der Waals surface area contributed by atoms with Crippen molar-refractivity contribution in [3.05, 3.63) is 33.2 Å². The lowest BCUT2D eigenvalue weighted by atomic mass is 10.1. The van der Waals surface area contributed by atoms with Gasteiger partial charge in [0.15, 0.2) is 0 Å². The Hall–Kier alpha value is -2.02. The summed E-state index contributed by atoms with van der Waals surface area (Å²) in [6.07, 6.45) is 5.11. The molecule has 1 heterocycles. The molecule has 0 fully saturated rings. The quantitative estimate of drug-likeness (QED) is 0.726. The number of carboxylic acid groups (broad SMARTS) is 1. The SMILES string of the molecule is C#CCn1c(C)c(C(=O)O)c(C)cc1=O. The average Bonchev–Trinajstić information content (AvgIpc) is 2.11. The molecule has 4 heteroatoms. The first-order valence-electron chi connectivity index (χ1n) is 4.36. The van der Waals surface area contributed by atoms with E-state index in [-0.39, 0.29) is 17.7 Å². The third kappa shape index (κ3) is 1.91. The molecule has 1 aromatic rings. The lowest BCUT2D eigenvalue weighted by Gasteiger charge is -2.11. The van der Waals surface area contributed by atoms with Gasteiger partial charge in [-0.2, -0.15) is 0 Å². The molecule has 0 saturated carbocycles. The van der Waals surface area contributed by atoms with Crippen LogP contribution in [-0.4, -0.2) is 15.6 Å². The predicted octanol–water partition coefficient (Wildman–Crippen LogP) is 0.797. The van der Waals surface area contributed by atoms with Crippen molar-refractivity contribution in [3.8, 4) is 12.3 Å². The Kier molecular flexibility index (Phi) is 2.96. The second kappa shape index (κ2) is 4.01. The van der Waals surface area contributed by atoms with Crippen molar-refractivity contribution < 1.29 is 9.90 Å². The third-order valence-electron chi connectivity index (χ3n) is 2.23. The van der Waals surface area contributed by atoms with Crippen molar-refractivity contribution in [3.63, 3.8) is 0 Å². The van der Waals surface area contributed by atoms with Gasteiger partial charge in [0.05, 0.1) is 12.1 Å². The number of carbonyl (C=O) groups is 1. The van der Waals surface area contributed by atoms with E-state index in [9.17, 15) is 9.59 Å². The third-order valence-corrected chi connectivity index (χ3v) is 2.23. The molecular weight excluding hydrogens is 194 g/mol. The molecular formula is C11H11NO3. The fraction of sp³-hybridized carbons (Fsp3) is 0.273. The van der Waals surface area contributed by atoms with Gasteiger partial charge in [-0.15, -0.1) is 6.42 Å². The maximum Gasteiger partial charge on any atom is 0.337 e. The van der Waals surface area contributed by atoms with Crippen molar-refractivity contribution in [2.45, 2.75) is 20.4 Å². The highest BCUT2D eigenvalue weighted by Crippen LogP contribution is 2.10. The minimum atomic E-state index is -1.05. The van der Waals surface area contributed by atoms with Crippen molar-refractivity contribution in [1.29, 1.82) is 0 Å². The van der Waals surface area contributed by atoms with Gasteiger partial charge < -0.3 is 9.67 Å². The first kappa shape index (κ1) is 11.1. The fourth-order valence-electron chi connectivity index (χ4n) is 1.53. The molecule has 1 N–H and O–H groups in total. The van der Waals surface area contributed by atoms with Gasteiger partial charge in [-0.25, -0.2) is 4.79 Å². The van der Waals surface area contributed by atoms with Gasteiger partial charge in [0.25, 0.3) is 5.56 Å². The van der Waals surface area contributed by atoms with Crippen LogP contribution in [0.15, 0.2) is 10.9 Å². The van der Waals surface area contributed by atoms with Gasteiger partial charge in [-0.3, -0.25) is 4.79 Å². The predicted molar refractivity (Wildman–Crippen MR) is 56.0 cm³/mol. The number of aromatic carboxylic acids is 1. The molecule has 0 radical (unpaired) electrons. The van der Waals surface area contributed by atoms with E-state index in [4.69, 9.17) is 11.5 Å². The van der Waals surface area contributed by atoms with Crippen LogP contribution in [0.2, 0.25) is 0 Å². The summed E-state index contributed by atoms with van der Waals surface area (Å²) in [4.78, 5) is 22.4. The molecule has 0 saturated heterocycles. The molecule has 1 aromatic heterocycles. The standard InChI is InChI=1S/C11H11NO3/c1-4-5-12-8(3)10(11(14)15)7(2)6-9(12)13/h1,6H,5H2,2-3H3,(H,14,15). The zero-order valence-electron chi connectivity index (χ0n) is 8.57. The number of hydrogen-bond donors (Lipinski definition) is 1. The summed E-state index contributed by atoms with van der Waals surface area (Å²) in [5, 5.41) is 8.96. The number of carboxylic acids is 1. The highest BCUT2D eigenvalue weighted by molar-refractivity contribution is 5.90. The van der Waals surface area contributed by atoms with E-state index < -0.39 is 5.97 Å². The van der Waals surface area contributed by atoms with Gasteiger partial charge in [0.1, 0.15) is 0 Å². The zero-order valence-corrected chi connectivity index (χ0v) is 8.57. The summed E-state index contributed by atoms with van der Waals surface area (Å²) < 4.78 is 1.27. The summed E-state index contributed by atoms with van der Waals surface area (Å²) in [7, 11) is 0. The van der Waals surface area contributed by atoms with E-state index >= 15 is 0 Å². The van der Waals surface area contributed by atoms with Crippen molar-refractivity contribution >= 4 is 5.97 Å². The minimum absolute atomic E-state index is 0.0885. The van der Waals surface area contributed by atoms with Crippen LogP contribution in [0.5, 0.6) is 0 Å². The first-order valence-corrected chi connectivity index (χ1v) is 4.36. The summed E-state index contributed by atoms with van der Waals surface area (Å²) in [6, 6.07) is 1.29. The van der Waals surface area contributed by atoms with E-state index in [0.29, 0.717) is 11.3 Å². The monoisotopic (exact) mass is 205 g/mol. The molecule has 1 rings (SSSR count). The fourth-order valence-corrected chi connectivity index (χ4v) is 1.53. The lowest BCUT2D eigenvalue weighted by molar-refractivity contribution is 0.0694. The van der Waals surface area contributed by atoms with Crippen LogP contribution in [0.25, 0.3) is 0 Å². The molecule has 0 aliphatic heterocycles. The smallest absolute Gasteiger partial charge is 0.337 e. The van der Waals surface area contributed by atoms with Crippen LogP contribution >= 0.6 is 0 Å². The molecule has 0 aromatic carbocycles. The Morgan fingerprint density at radius 1 is 1.60 bits per heavy atom. The maximum absolute atomic E-state index is 11.5. The number of rotatable bonds is 2. The number of nitrogens with zero attached hydrogens (tertiary/aromatic N) is 1. The van der Waals surface area contributed by atoms with Gasteiger partial charge in [-0.05, 0) is 19.4 Å². The topological polar surface area (TPSA) is 59.3 Å². The van der Waals surface area contributed by atoms with Crippen LogP contribution in [0.1, 0.15) is 21.6 Å². The Morgan fingerprint density at radius 2 is 2.20 bits per heavy atom. The zero-order chi connectivity index (χ0) is 11.6. The second-order valence-electron chi connectivity index (χ2n) is 3.22. The van der Waals surface area contributed by atoms with Crippen molar-refractivity contribution in [1.82, 2.24) is 4.57 Å². The summed E-state index contributed by atoms with van der Waals surface area (Å²) in [5.74, 6) is 1.28. The number of terminal acetylenes is 1. The maximum atomic E-state index is 11.5. The lowest BCUT2D eigenvalue weighted by Crippen LogP contribution is -2.25. The van der Waals surface area contributed by atoms with Gasteiger partial charge in [-0.1, -0.05) is 5.92 Å². The number of pyridine rings is 1. The minimum Gasteiger partial charge on any atom is -0.478 e. The summed E-state index contributed by atoms with van der Waals surface area (Å²) in [5.41, 5.74) is 0.724. The molecule has 0 aliphatic rings. The average molecular weight is 205 g/mol. The largest absolute Gasteiger partial charge is 0.478 e. The number of aryl methyl sites for hydroxylation is 1. The van der Waals surface area contributed by atoms with E-state index in [1.807, 2.05) is 0 Å². The molecule has 4 nitrogen and oxygen atoms in total. The van der Waals surface area contributed by atoms with Crippen LogP contribution in [0, 0.1) is 26.2 Å². The number of aromatic nitrogens is 1. The van der Waals surface area contributed by atoms with Crippen LogP contribution in [0.4, 0.5) is 0 Å². The molecule has 0 atom stereocenters. The Morgan fingerprint density at radius 3 is 2.67 bits per heavy atom. The highest BCUT2D eigenvalue weighted by atomic mass is 16.4. The first-order chi connectivity index (χ1) is 6.99. The number of hydrogen-bond acceptors (Lipinski definition) is 2. The molecule has 78 valence electrons. The van der Waals surface area contributed by atoms with E-state index in [2.05, 4.69) is 5.92 Å². The van der Waals surface area contributed by atoms with E-state index in [1.54, 1.807) is 13.8 Å². The van der Waals surface area contributed by atoms with Crippen LogP contribution < -0.4 is 5.56 Å². The van der Waals surface area contributed by atoms with Gasteiger partial charge >= 0.3 is 5.97 Å². The summed E-state index contributed by atoms with van der Waals surface area (Å²) in [6.45, 7) is 3.26. The van der Waals surface area contributed by atoms with Crippen molar-refractivity contribution in [2.24, 2.45) is 0 Å². The molecule has 0 unspecified atom stereocenters. The Bertz CT molecular complexity index is 506. The Labute approximate surface area is 87.2 Å². The molecule has 0 bridgehead atoms. The highest BCUT2D eigenvalue weighted by Gasteiger charge is 2.14. The normalized spacial score (nSPS) is 9.67. The van der Waals surface area contributed by atoms with Crippen molar-refractivity contribution in [2.75, 3.05) is 0 Å². The molecule has 0 aliphatic carbocycles.